The molecule has 0 aliphatic carbocycles. The molecule has 1 aromatic heterocycles. The Hall–Kier alpha value is -2.67. The molecule has 0 atom stereocenters. The number of piperazine rings is 1. The van der Waals surface area contributed by atoms with Crippen LogP contribution in [0.4, 0.5) is 5.69 Å². The Kier molecular flexibility index (Phi) is 5.64. The van der Waals surface area contributed by atoms with Crippen LogP contribution >= 0.6 is 12.4 Å². The van der Waals surface area contributed by atoms with Crippen LogP contribution in [0.15, 0.2) is 82.7 Å². The van der Waals surface area contributed by atoms with E-state index in [-0.39, 0.29) is 12.4 Å². The van der Waals surface area contributed by atoms with Gasteiger partial charge in [-0.05, 0) is 35.7 Å². The number of anilines is 1. The molecule has 0 radical (unpaired) electrons. The summed E-state index contributed by atoms with van der Waals surface area (Å²) in [5, 5.41) is 5.88. The second-order valence-corrected chi connectivity index (χ2v) is 9.14. The Bertz CT molecular complexity index is 1310. The number of sulfone groups is 1. The standard InChI is InChI=1S/C23H21N3O2S.ClH/c27-29(28,23-7-3-5-17-4-1-2-6-19(17)23)18-8-9-21-20(16-18)22(10-11-25-21)26-14-12-24-13-15-26;/h1-11,16,24H,12-15H2;1H. The summed E-state index contributed by atoms with van der Waals surface area (Å²) >= 11 is 0. The van der Waals surface area contributed by atoms with Gasteiger partial charge in [-0.15, -0.1) is 12.4 Å². The smallest absolute Gasteiger partial charge is 0.207 e. The van der Waals surface area contributed by atoms with E-state index in [0.717, 1.165) is 53.5 Å². The van der Waals surface area contributed by atoms with Crippen LogP contribution in [0, 0.1) is 0 Å². The van der Waals surface area contributed by atoms with Gasteiger partial charge in [0.05, 0.1) is 15.3 Å². The third-order valence-corrected chi connectivity index (χ3v) is 7.31. The molecule has 2 heterocycles. The molecule has 0 unspecified atom stereocenters. The van der Waals surface area contributed by atoms with Gasteiger partial charge in [0.25, 0.3) is 0 Å². The summed E-state index contributed by atoms with van der Waals surface area (Å²) in [6.07, 6.45) is 1.79. The van der Waals surface area contributed by atoms with Crippen LogP contribution in [0.1, 0.15) is 0 Å². The number of hydrogen-bond acceptors (Lipinski definition) is 5. The van der Waals surface area contributed by atoms with Crippen molar-refractivity contribution in [3.05, 3.63) is 72.9 Å². The number of nitrogens with zero attached hydrogens (tertiary/aromatic N) is 2. The first-order valence-corrected chi connectivity index (χ1v) is 11.2. The van der Waals surface area contributed by atoms with Gasteiger partial charge in [-0.25, -0.2) is 8.42 Å². The summed E-state index contributed by atoms with van der Waals surface area (Å²) in [6.45, 7) is 3.61. The number of rotatable bonds is 3. The van der Waals surface area contributed by atoms with Gasteiger partial charge in [0.15, 0.2) is 0 Å². The highest BCUT2D eigenvalue weighted by Gasteiger charge is 2.22. The lowest BCUT2D eigenvalue weighted by atomic mass is 10.1. The Labute approximate surface area is 182 Å². The Balaban J connectivity index is 0.00000218. The van der Waals surface area contributed by atoms with Gasteiger partial charge in [0.2, 0.25) is 9.84 Å². The summed E-state index contributed by atoms with van der Waals surface area (Å²) in [6, 6.07) is 20.2. The predicted molar refractivity (Wildman–Crippen MR) is 123 cm³/mol. The quantitative estimate of drug-likeness (QED) is 0.521. The minimum Gasteiger partial charge on any atom is -0.368 e. The molecule has 7 heteroatoms. The van der Waals surface area contributed by atoms with Crippen molar-refractivity contribution in [1.29, 1.82) is 0 Å². The molecule has 4 aromatic rings. The van der Waals surface area contributed by atoms with Crippen LogP contribution in [0.5, 0.6) is 0 Å². The van der Waals surface area contributed by atoms with Crippen molar-refractivity contribution >= 4 is 49.6 Å². The van der Waals surface area contributed by atoms with Crippen molar-refractivity contribution in [3.63, 3.8) is 0 Å². The normalized spacial score (nSPS) is 14.6. The fourth-order valence-corrected chi connectivity index (χ4v) is 5.52. The van der Waals surface area contributed by atoms with Crippen molar-refractivity contribution < 1.29 is 8.42 Å². The first-order chi connectivity index (χ1) is 14.1. The minimum absolute atomic E-state index is 0. The highest BCUT2D eigenvalue weighted by atomic mass is 35.5. The molecule has 1 aliphatic rings. The molecule has 1 aliphatic heterocycles. The van der Waals surface area contributed by atoms with Crippen molar-refractivity contribution in [2.45, 2.75) is 9.79 Å². The second kappa shape index (κ2) is 8.22. The highest BCUT2D eigenvalue weighted by molar-refractivity contribution is 7.91. The minimum atomic E-state index is -3.66. The maximum Gasteiger partial charge on any atom is 0.207 e. The molecular weight excluding hydrogens is 418 g/mol. The molecule has 30 heavy (non-hydrogen) atoms. The van der Waals surface area contributed by atoms with Gasteiger partial charge in [0, 0.05) is 48.8 Å². The first kappa shape index (κ1) is 20.6. The number of hydrogen-bond donors (Lipinski definition) is 1. The predicted octanol–water partition coefficient (Wildman–Crippen LogP) is 4.05. The Morgan fingerprint density at radius 1 is 0.867 bits per heavy atom. The van der Waals surface area contributed by atoms with Crippen LogP contribution in [0.3, 0.4) is 0 Å². The van der Waals surface area contributed by atoms with Gasteiger partial charge in [0.1, 0.15) is 0 Å². The van der Waals surface area contributed by atoms with E-state index in [9.17, 15) is 8.42 Å². The van der Waals surface area contributed by atoms with E-state index >= 15 is 0 Å². The molecule has 1 fully saturated rings. The largest absolute Gasteiger partial charge is 0.368 e. The van der Waals surface area contributed by atoms with Gasteiger partial charge >= 0.3 is 0 Å². The number of nitrogens with one attached hydrogen (secondary N) is 1. The number of pyridine rings is 1. The fourth-order valence-electron chi connectivity index (χ4n) is 4.02. The van der Waals surface area contributed by atoms with E-state index in [4.69, 9.17) is 0 Å². The van der Waals surface area contributed by atoms with Crippen LogP contribution in [-0.4, -0.2) is 39.6 Å². The Morgan fingerprint density at radius 2 is 1.63 bits per heavy atom. The van der Waals surface area contributed by atoms with Crippen molar-refractivity contribution in [3.8, 4) is 0 Å². The molecular formula is C23H22ClN3O2S. The molecule has 0 saturated carbocycles. The molecule has 5 rings (SSSR count). The molecule has 5 nitrogen and oxygen atoms in total. The van der Waals surface area contributed by atoms with Crippen LogP contribution in [-0.2, 0) is 9.84 Å². The van der Waals surface area contributed by atoms with Crippen LogP contribution in [0.2, 0.25) is 0 Å². The lowest BCUT2D eigenvalue weighted by Crippen LogP contribution is -2.43. The van der Waals surface area contributed by atoms with Gasteiger partial charge in [-0.2, -0.15) is 0 Å². The van der Waals surface area contributed by atoms with E-state index in [1.807, 2.05) is 36.4 Å². The second-order valence-electron chi connectivity index (χ2n) is 7.23. The highest BCUT2D eigenvalue weighted by Crippen LogP contribution is 2.32. The zero-order valence-electron chi connectivity index (χ0n) is 16.3. The first-order valence-electron chi connectivity index (χ1n) is 9.72. The van der Waals surface area contributed by atoms with Gasteiger partial charge in [-0.3, -0.25) is 4.98 Å². The zero-order chi connectivity index (χ0) is 19.8. The van der Waals surface area contributed by atoms with E-state index in [1.54, 1.807) is 36.5 Å². The van der Waals surface area contributed by atoms with Crippen LogP contribution in [0.25, 0.3) is 21.7 Å². The maximum atomic E-state index is 13.5. The van der Waals surface area contributed by atoms with E-state index in [2.05, 4.69) is 15.2 Å². The summed E-state index contributed by atoms with van der Waals surface area (Å²) in [5.41, 5.74) is 1.84. The topological polar surface area (TPSA) is 62.3 Å². The average molecular weight is 440 g/mol. The van der Waals surface area contributed by atoms with Gasteiger partial charge in [-0.1, -0.05) is 36.4 Å². The third kappa shape index (κ3) is 3.51. The molecule has 1 saturated heterocycles. The Morgan fingerprint density at radius 3 is 2.47 bits per heavy atom. The molecule has 3 aromatic carbocycles. The fraction of sp³-hybridized carbons (Fsp3) is 0.174. The SMILES string of the molecule is Cl.O=S(=O)(c1ccc2nccc(N3CCNCC3)c2c1)c1cccc2ccccc12. The monoisotopic (exact) mass is 439 g/mol. The summed E-state index contributed by atoms with van der Waals surface area (Å²) in [7, 11) is -3.66. The van der Waals surface area contributed by atoms with E-state index in [1.165, 1.54) is 0 Å². The number of halogens is 1. The number of fused-ring (bicyclic) bond motifs is 2. The lowest BCUT2D eigenvalue weighted by molar-refractivity contribution is 0.590. The summed E-state index contributed by atoms with van der Waals surface area (Å²) < 4.78 is 27.1. The maximum absolute atomic E-state index is 13.5. The number of aromatic nitrogens is 1. The third-order valence-electron chi connectivity index (χ3n) is 5.50. The molecule has 154 valence electrons. The molecule has 0 spiro atoms. The summed E-state index contributed by atoms with van der Waals surface area (Å²) in [4.78, 5) is 7.36. The number of benzene rings is 3. The molecule has 0 amide bonds. The van der Waals surface area contributed by atoms with E-state index < -0.39 is 9.84 Å². The summed E-state index contributed by atoms with van der Waals surface area (Å²) in [5.74, 6) is 0. The van der Waals surface area contributed by atoms with E-state index in [0.29, 0.717) is 9.79 Å². The average Bonchev–Trinajstić information content (AvgIpc) is 2.78. The zero-order valence-corrected chi connectivity index (χ0v) is 17.9. The lowest BCUT2D eigenvalue weighted by Gasteiger charge is -2.30. The van der Waals surface area contributed by atoms with Gasteiger partial charge < -0.3 is 10.2 Å². The van der Waals surface area contributed by atoms with Crippen molar-refractivity contribution in [2.75, 3.05) is 31.1 Å². The van der Waals surface area contributed by atoms with Crippen molar-refractivity contribution in [1.82, 2.24) is 10.3 Å². The molecule has 1 N–H and O–H groups in total. The molecule has 0 bridgehead atoms. The van der Waals surface area contributed by atoms with Crippen LogP contribution < -0.4 is 10.2 Å². The van der Waals surface area contributed by atoms with Crippen molar-refractivity contribution in [2.24, 2.45) is 0 Å².